The average molecular weight is 342 g/mol. The maximum Gasteiger partial charge on any atom is 0.243 e. The van der Waals surface area contributed by atoms with Crippen molar-refractivity contribution in [2.75, 3.05) is 7.05 Å². The highest BCUT2D eigenvalue weighted by atomic mass is 35.5. The lowest BCUT2D eigenvalue weighted by Crippen LogP contribution is -2.26. The molecule has 21 heavy (non-hydrogen) atoms. The predicted molar refractivity (Wildman–Crippen MR) is 86.4 cm³/mol. The summed E-state index contributed by atoms with van der Waals surface area (Å²) in [5.74, 6) is 0. The standard InChI is InChI=1S/C15H16ClNO2S2/c1-17(10-13-6-8-15(16)20-13)21(18,19)14-7-5-11-3-2-4-12(11)9-14/h5-9H,2-4,10H2,1H3. The minimum absolute atomic E-state index is 0.344. The number of rotatable bonds is 4. The molecule has 1 aliphatic carbocycles. The molecule has 6 heteroatoms. The summed E-state index contributed by atoms with van der Waals surface area (Å²) in [6, 6.07) is 9.15. The second-order valence-corrected chi connectivity index (χ2v) is 9.10. The Hall–Kier alpha value is -0.880. The Morgan fingerprint density at radius 2 is 1.95 bits per heavy atom. The number of halogens is 1. The van der Waals surface area contributed by atoms with E-state index in [0.29, 0.717) is 15.8 Å². The molecule has 0 saturated carbocycles. The number of hydrogen-bond donors (Lipinski definition) is 0. The molecule has 1 heterocycles. The summed E-state index contributed by atoms with van der Waals surface area (Å²) in [6.45, 7) is 0.344. The molecule has 112 valence electrons. The molecule has 0 bridgehead atoms. The quantitative estimate of drug-likeness (QED) is 0.850. The number of fused-ring (bicyclic) bond motifs is 1. The summed E-state index contributed by atoms with van der Waals surface area (Å²) in [5, 5.41) is 0. The van der Waals surface area contributed by atoms with Crippen molar-refractivity contribution in [1.82, 2.24) is 4.31 Å². The first-order valence-corrected chi connectivity index (χ1v) is 9.42. The first-order valence-electron chi connectivity index (χ1n) is 6.79. The Balaban J connectivity index is 1.85. The Kier molecular flexibility index (Phi) is 4.10. The van der Waals surface area contributed by atoms with Crippen LogP contribution in [-0.4, -0.2) is 19.8 Å². The molecule has 0 unspecified atom stereocenters. The summed E-state index contributed by atoms with van der Waals surface area (Å²) in [7, 11) is -1.85. The van der Waals surface area contributed by atoms with E-state index in [1.807, 2.05) is 18.2 Å². The summed E-state index contributed by atoms with van der Waals surface area (Å²) < 4.78 is 27.3. The Labute approximate surface area is 134 Å². The van der Waals surface area contributed by atoms with Gasteiger partial charge in [0.25, 0.3) is 0 Å². The van der Waals surface area contributed by atoms with Crippen molar-refractivity contribution in [2.24, 2.45) is 0 Å². The number of benzene rings is 1. The van der Waals surface area contributed by atoms with Crippen LogP contribution in [0.1, 0.15) is 22.4 Å². The first-order chi connectivity index (χ1) is 9.96. The molecule has 0 aliphatic heterocycles. The van der Waals surface area contributed by atoms with Gasteiger partial charge in [0, 0.05) is 18.5 Å². The zero-order chi connectivity index (χ0) is 15.0. The van der Waals surface area contributed by atoms with Gasteiger partial charge in [0.1, 0.15) is 0 Å². The maximum atomic E-state index is 12.6. The predicted octanol–water partition coefficient (Wildman–Crippen LogP) is 3.71. The molecule has 2 aromatic rings. The van der Waals surface area contributed by atoms with Crippen molar-refractivity contribution in [2.45, 2.75) is 30.7 Å². The molecular weight excluding hydrogens is 326 g/mol. The van der Waals surface area contributed by atoms with Crippen molar-refractivity contribution in [3.05, 3.63) is 50.7 Å². The van der Waals surface area contributed by atoms with Crippen molar-refractivity contribution in [3.8, 4) is 0 Å². The van der Waals surface area contributed by atoms with Crippen molar-refractivity contribution >= 4 is 33.0 Å². The minimum atomic E-state index is -3.45. The molecule has 0 atom stereocenters. The van der Waals surface area contributed by atoms with Crippen LogP contribution in [0.4, 0.5) is 0 Å². The van der Waals surface area contributed by atoms with Crippen molar-refractivity contribution in [3.63, 3.8) is 0 Å². The second kappa shape index (κ2) is 5.72. The van der Waals surface area contributed by atoms with Crippen LogP contribution in [0, 0.1) is 0 Å². The third kappa shape index (κ3) is 3.01. The lowest BCUT2D eigenvalue weighted by Gasteiger charge is -2.17. The Morgan fingerprint density at radius 1 is 1.19 bits per heavy atom. The summed E-state index contributed by atoms with van der Waals surface area (Å²) in [6.07, 6.45) is 3.14. The van der Waals surface area contributed by atoms with E-state index in [1.165, 1.54) is 26.8 Å². The van der Waals surface area contributed by atoms with E-state index in [2.05, 4.69) is 0 Å². The normalized spacial score (nSPS) is 14.6. The highest BCUT2D eigenvalue weighted by Crippen LogP contribution is 2.28. The van der Waals surface area contributed by atoms with Crippen LogP contribution in [0.5, 0.6) is 0 Å². The maximum absolute atomic E-state index is 12.6. The van der Waals surface area contributed by atoms with Gasteiger partial charge in [-0.25, -0.2) is 8.42 Å². The zero-order valence-electron chi connectivity index (χ0n) is 11.7. The zero-order valence-corrected chi connectivity index (χ0v) is 14.1. The Morgan fingerprint density at radius 3 is 2.67 bits per heavy atom. The van der Waals surface area contributed by atoms with E-state index < -0.39 is 10.0 Å². The third-order valence-electron chi connectivity index (χ3n) is 3.79. The van der Waals surface area contributed by atoms with Crippen LogP contribution in [0.3, 0.4) is 0 Å². The largest absolute Gasteiger partial charge is 0.243 e. The average Bonchev–Trinajstić information content (AvgIpc) is 3.06. The SMILES string of the molecule is CN(Cc1ccc(Cl)s1)S(=O)(=O)c1ccc2c(c1)CCC2. The monoisotopic (exact) mass is 341 g/mol. The van der Waals surface area contributed by atoms with Crippen LogP contribution < -0.4 is 0 Å². The van der Waals surface area contributed by atoms with Gasteiger partial charge in [0.2, 0.25) is 10.0 Å². The fourth-order valence-corrected chi connectivity index (χ4v) is 5.05. The van der Waals surface area contributed by atoms with Crippen LogP contribution in [0.25, 0.3) is 0 Å². The van der Waals surface area contributed by atoms with Crippen LogP contribution in [-0.2, 0) is 29.4 Å². The molecule has 0 saturated heterocycles. The molecule has 1 aromatic carbocycles. The highest BCUT2D eigenvalue weighted by Gasteiger charge is 2.23. The summed E-state index contributed by atoms with van der Waals surface area (Å²) in [5.41, 5.74) is 2.45. The molecule has 0 spiro atoms. The lowest BCUT2D eigenvalue weighted by molar-refractivity contribution is 0.469. The van der Waals surface area contributed by atoms with Crippen LogP contribution >= 0.6 is 22.9 Å². The lowest BCUT2D eigenvalue weighted by atomic mass is 10.1. The van der Waals surface area contributed by atoms with Gasteiger partial charge in [0.15, 0.2) is 0 Å². The molecule has 3 nitrogen and oxygen atoms in total. The van der Waals surface area contributed by atoms with E-state index in [9.17, 15) is 8.42 Å². The van der Waals surface area contributed by atoms with Gasteiger partial charge in [-0.2, -0.15) is 4.31 Å². The number of sulfonamides is 1. The molecular formula is C15H16ClNO2S2. The van der Waals surface area contributed by atoms with E-state index in [-0.39, 0.29) is 0 Å². The van der Waals surface area contributed by atoms with E-state index in [4.69, 9.17) is 11.6 Å². The number of aryl methyl sites for hydroxylation is 2. The summed E-state index contributed by atoms with van der Waals surface area (Å²) >= 11 is 7.30. The van der Waals surface area contributed by atoms with Gasteiger partial charge >= 0.3 is 0 Å². The molecule has 0 radical (unpaired) electrons. The minimum Gasteiger partial charge on any atom is -0.207 e. The van der Waals surface area contributed by atoms with Crippen LogP contribution in [0.2, 0.25) is 4.34 Å². The number of thiophene rings is 1. The van der Waals surface area contributed by atoms with Gasteiger partial charge in [-0.3, -0.25) is 0 Å². The van der Waals surface area contributed by atoms with Crippen molar-refractivity contribution in [1.29, 1.82) is 0 Å². The van der Waals surface area contributed by atoms with E-state index in [1.54, 1.807) is 19.2 Å². The van der Waals surface area contributed by atoms with Gasteiger partial charge in [-0.05, 0) is 54.7 Å². The fraction of sp³-hybridized carbons (Fsp3) is 0.333. The van der Waals surface area contributed by atoms with E-state index in [0.717, 1.165) is 24.1 Å². The summed E-state index contributed by atoms with van der Waals surface area (Å²) in [4.78, 5) is 1.32. The van der Waals surface area contributed by atoms with Crippen molar-refractivity contribution < 1.29 is 8.42 Å². The molecule has 1 aliphatic rings. The first kappa shape index (κ1) is 15.0. The van der Waals surface area contributed by atoms with Gasteiger partial charge in [0.05, 0.1) is 9.23 Å². The van der Waals surface area contributed by atoms with Crippen LogP contribution in [0.15, 0.2) is 35.2 Å². The topological polar surface area (TPSA) is 37.4 Å². The fourth-order valence-electron chi connectivity index (χ4n) is 2.63. The van der Waals surface area contributed by atoms with E-state index >= 15 is 0 Å². The number of nitrogens with zero attached hydrogens (tertiary/aromatic N) is 1. The molecule has 1 aromatic heterocycles. The molecule has 0 amide bonds. The smallest absolute Gasteiger partial charge is 0.207 e. The molecule has 0 fully saturated rings. The second-order valence-electron chi connectivity index (χ2n) is 5.25. The number of hydrogen-bond acceptors (Lipinski definition) is 3. The Bertz CT molecular complexity index is 768. The third-order valence-corrected chi connectivity index (χ3v) is 6.80. The highest BCUT2D eigenvalue weighted by molar-refractivity contribution is 7.89. The van der Waals surface area contributed by atoms with Gasteiger partial charge < -0.3 is 0 Å². The van der Waals surface area contributed by atoms with Gasteiger partial charge in [-0.15, -0.1) is 11.3 Å². The van der Waals surface area contributed by atoms with Gasteiger partial charge in [-0.1, -0.05) is 17.7 Å². The molecule has 3 rings (SSSR count). The molecule has 0 N–H and O–H groups in total.